The summed E-state index contributed by atoms with van der Waals surface area (Å²) in [4.78, 5) is 19.9. The fourth-order valence-electron chi connectivity index (χ4n) is 7.69. The minimum atomic E-state index is -4.85. The lowest BCUT2D eigenvalue weighted by molar-refractivity contribution is -0.256. The smallest absolute Gasteiger partial charge is 0.295 e. The van der Waals surface area contributed by atoms with Crippen molar-refractivity contribution in [1.29, 1.82) is 0 Å². The lowest BCUT2D eigenvalue weighted by atomic mass is 10.0. The number of aromatic carboxylic acids is 2. The van der Waals surface area contributed by atoms with Crippen molar-refractivity contribution in [3.05, 3.63) is 29.3 Å². The Hall–Kier alpha value is -1.07. The van der Waals surface area contributed by atoms with E-state index >= 15 is 0 Å². The van der Waals surface area contributed by atoms with Crippen molar-refractivity contribution in [3.63, 3.8) is 0 Å². The van der Waals surface area contributed by atoms with Gasteiger partial charge in [0.1, 0.15) is 4.90 Å². The van der Waals surface area contributed by atoms with Crippen LogP contribution in [0.15, 0.2) is 23.1 Å². The van der Waals surface area contributed by atoms with Gasteiger partial charge in [0.2, 0.25) is 0 Å². The average molecular weight is 931 g/mol. The molecule has 0 aliphatic rings. The predicted octanol–water partition coefficient (Wildman–Crippen LogP) is 14.6. The third kappa shape index (κ3) is 45.5. The van der Waals surface area contributed by atoms with Crippen LogP contribution >= 0.6 is 17.2 Å². The summed E-state index contributed by atoms with van der Waals surface area (Å²) < 4.78 is 30.3. The van der Waals surface area contributed by atoms with Crippen LogP contribution in [-0.2, 0) is 10.1 Å². The van der Waals surface area contributed by atoms with Crippen LogP contribution in [0.4, 0.5) is 0 Å². The van der Waals surface area contributed by atoms with Crippen molar-refractivity contribution in [3.8, 4) is 0 Å². The molecule has 366 valence electrons. The summed E-state index contributed by atoms with van der Waals surface area (Å²) >= 11 is 0. The molecule has 1 N–H and O–H groups in total. The second kappa shape index (κ2) is 49.4. The first kappa shape index (κ1) is 63.0. The lowest BCUT2D eigenvalue weighted by Crippen LogP contribution is -2.26. The van der Waals surface area contributed by atoms with Crippen molar-refractivity contribution in [2.75, 3.05) is 24.6 Å². The molecule has 1 aromatic rings. The van der Waals surface area contributed by atoms with Gasteiger partial charge in [0, 0.05) is 5.56 Å². The second-order valence-corrected chi connectivity index (χ2v) is 22.7. The molecule has 0 saturated carbocycles. The second-order valence-electron chi connectivity index (χ2n) is 17.8. The van der Waals surface area contributed by atoms with Gasteiger partial charge in [0.15, 0.2) is 0 Å². The molecule has 0 fully saturated rings. The van der Waals surface area contributed by atoms with E-state index in [1.54, 1.807) is 24.6 Å². The monoisotopic (exact) mass is 931 g/mol. The summed E-state index contributed by atoms with van der Waals surface area (Å²) in [6, 6.07) is 2.01. The molecule has 10 heteroatoms. The summed E-state index contributed by atoms with van der Waals surface area (Å²) in [5.74, 6) is -3.55. The Bertz CT molecular complexity index is 1150. The van der Waals surface area contributed by atoms with Crippen LogP contribution in [0.2, 0.25) is 0 Å². The molecule has 0 aromatic heterocycles. The molecular weight excluding hydrogens is 831 g/mol. The number of benzene rings is 1. The van der Waals surface area contributed by atoms with E-state index < -0.39 is 38.1 Å². The molecule has 2 atom stereocenters. The first-order valence-electron chi connectivity index (χ1n) is 26.2. The zero-order valence-electron chi connectivity index (χ0n) is 41.0. The van der Waals surface area contributed by atoms with Crippen LogP contribution in [0.5, 0.6) is 0 Å². The molecule has 1 aromatic carbocycles. The van der Waals surface area contributed by atoms with Crippen molar-refractivity contribution >= 4 is 39.2 Å². The first-order chi connectivity index (χ1) is 30.1. The molecule has 0 saturated heterocycles. The van der Waals surface area contributed by atoms with Gasteiger partial charge < -0.3 is 19.8 Å². The Balaban J connectivity index is 0. The maximum absolute atomic E-state index is 10.8. The van der Waals surface area contributed by atoms with E-state index in [0.717, 1.165) is 23.2 Å². The van der Waals surface area contributed by atoms with Gasteiger partial charge >= 0.3 is 0 Å². The number of unbranched alkanes of at least 4 members (excludes halogenated alkanes) is 32. The quantitative estimate of drug-likeness (QED) is 0.0391. The maximum atomic E-state index is 10.8. The van der Waals surface area contributed by atoms with Crippen LogP contribution in [0.3, 0.4) is 0 Å². The standard InChI is InChI=1S/2C22H47P.C8H6O7S/c2*1-3-5-7-8-9-10-11-12-13-14-15-16-17-18-19-20-22-23-21-6-4-2;9-7(10)4-1-2-5(8(11)12)6(3-4)16(13,14)15/h2*23H,3-22H2,1-2H3;1-3H,(H,9,10)(H,11,12)(H,13,14,15). The number of carboxylic acid groups (broad SMARTS) is 2. The Morgan fingerprint density at radius 3 is 0.919 bits per heavy atom. The van der Waals surface area contributed by atoms with Crippen LogP contribution in [0.1, 0.15) is 280 Å². The van der Waals surface area contributed by atoms with Crippen LogP contribution < -0.4 is 10.2 Å². The molecule has 1 rings (SSSR count). The SMILES string of the molecule is CCCCCCCCCCCCCCCCCC[PH2+]CCCC.CCCCCCCCCCCCCCCCCC[PH2+]CCCC.O=C([O-])c1ccc(C(=O)[O-])c(S(=O)(=O)O)c1. The molecule has 0 bridgehead atoms. The van der Waals surface area contributed by atoms with Crippen molar-refractivity contribution in [2.45, 2.75) is 264 Å². The molecule has 0 aliphatic heterocycles. The first-order valence-corrected chi connectivity index (χ1v) is 30.9. The highest BCUT2D eigenvalue weighted by Gasteiger charge is 2.17. The van der Waals surface area contributed by atoms with E-state index in [-0.39, 0.29) is 0 Å². The summed E-state index contributed by atoms with van der Waals surface area (Å²) in [6.07, 6.45) is 59.5. The predicted molar refractivity (Wildman–Crippen MR) is 273 cm³/mol. The van der Waals surface area contributed by atoms with Crippen LogP contribution in [0.25, 0.3) is 0 Å². The summed E-state index contributed by atoms with van der Waals surface area (Å²) in [5, 5.41) is 20.9. The van der Waals surface area contributed by atoms with E-state index in [0.29, 0.717) is 12.1 Å². The molecule has 0 heterocycles. The zero-order chi connectivity index (χ0) is 46.2. The van der Waals surface area contributed by atoms with Gasteiger partial charge in [0.05, 0.1) is 36.6 Å². The Morgan fingerprint density at radius 2 is 0.677 bits per heavy atom. The van der Waals surface area contributed by atoms with Gasteiger partial charge in [0.25, 0.3) is 10.1 Å². The van der Waals surface area contributed by atoms with Crippen LogP contribution in [-0.4, -0.2) is 49.6 Å². The zero-order valence-corrected chi connectivity index (χ0v) is 44.1. The number of hydrogen-bond acceptors (Lipinski definition) is 6. The largest absolute Gasteiger partial charge is 0.545 e. The third-order valence-corrected chi connectivity index (χ3v) is 15.9. The molecule has 7 nitrogen and oxygen atoms in total. The number of rotatable bonds is 43. The highest BCUT2D eigenvalue weighted by Crippen LogP contribution is 2.20. The number of hydrogen-bond donors (Lipinski definition) is 1. The molecule has 0 radical (unpaired) electrons. The number of carbonyl (C=O) groups is 2. The van der Waals surface area contributed by atoms with Gasteiger partial charge in [-0.2, -0.15) is 8.42 Å². The maximum Gasteiger partial charge on any atom is 0.295 e. The van der Waals surface area contributed by atoms with E-state index in [9.17, 15) is 28.2 Å². The van der Waals surface area contributed by atoms with E-state index in [2.05, 4.69) is 27.7 Å². The molecule has 0 aliphatic carbocycles. The van der Waals surface area contributed by atoms with E-state index in [4.69, 9.17) is 4.55 Å². The molecular formula is C52H100O7P2S. The summed E-state index contributed by atoms with van der Waals surface area (Å²) in [6.45, 7) is 9.23. The highest BCUT2D eigenvalue weighted by atomic mass is 32.2. The van der Waals surface area contributed by atoms with Gasteiger partial charge in [-0.05, 0) is 67.3 Å². The Morgan fingerprint density at radius 1 is 0.419 bits per heavy atom. The molecule has 0 spiro atoms. The normalized spacial score (nSPS) is 11.6. The summed E-state index contributed by atoms with van der Waals surface area (Å²) in [7, 11) is -3.26. The van der Waals surface area contributed by atoms with Crippen molar-refractivity contribution < 1.29 is 32.8 Å². The van der Waals surface area contributed by atoms with E-state index in [1.165, 1.54) is 231 Å². The Kier molecular flexibility index (Phi) is 50.2. The van der Waals surface area contributed by atoms with Gasteiger partial charge in [-0.15, -0.1) is 0 Å². The number of carbonyl (C=O) groups excluding carboxylic acids is 2. The fourth-order valence-corrected chi connectivity index (χ4v) is 11.5. The molecule has 62 heavy (non-hydrogen) atoms. The Labute approximate surface area is 388 Å². The minimum absolute atomic E-state index is 0.482. The van der Waals surface area contributed by atoms with Gasteiger partial charge in [-0.3, -0.25) is 4.55 Å². The lowest BCUT2D eigenvalue weighted by Gasteiger charge is -2.10. The topological polar surface area (TPSA) is 135 Å². The summed E-state index contributed by atoms with van der Waals surface area (Å²) in [5.41, 5.74) is -1.40. The third-order valence-electron chi connectivity index (χ3n) is 11.8. The molecule has 2 unspecified atom stereocenters. The molecule has 0 amide bonds. The van der Waals surface area contributed by atoms with Crippen molar-refractivity contribution in [2.24, 2.45) is 0 Å². The number of carboxylic acids is 2. The van der Waals surface area contributed by atoms with Crippen molar-refractivity contribution in [1.82, 2.24) is 0 Å². The van der Waals surface area contributed by atoms with E-state index in [1.807, 2.05) is 0 Å². The average Bonchev–Trinajstić information content (AvgIpc) is 3.25. The van der Waals surface area contributed by atoms with Gasteiger partial charge in [-0.25, -0.2) is 0 Å². The highest BCUT2D eigenvalue weighted by molar-refractivity contribution is 7.86. The van der Waals surface area contributed by atoms with Crippen LogP contribution in [0, 0.1) is 0 Å². The van der Waals surface area contributed by atoms with Gasteiger partial charge in [-0.1, -0.05) is 232 Å². The minimum Gasteiger partial charge on any atom is -0.545 e. The fraction of sp³-hybridized carbons (Fsp3) is 0.846.